The van der Waals surface area contributed by atoms with Crippen LogP contribution in [-0.2, 0) is 16.0 Å². The molecule has 0 aliphatic carbocycles. The Kier molecular flexibility index (Phi) is 5.73. The number of morpholine rings is 1. The predicted molar refractivity (Wildman–Crippen MR) is 81.4 cm³/mol. The van der Waals surface area contributed by atoms with Crippen molar-refractivity contribution in [1.82, 2.24) is 4.90 Å². The van der Waals surface area contributed by atoms with Crippen LogP contribution in [0.2, 0.25) is 0 Å². The van der Waals surface area contributed by atoms with Gasteiger partial charge in [-0.15, -0.1) is 0 Å². The lowest BCUT2D eigenvalue weighted by Gasteiger charge is -2.33. The molecule has 1 heterocycles. The first-order valence-electron chi connectivity index (χ1n) is 6.74. The molecule has 0 N–H and O–H groups in total. The van der Waals surface area contributed by atoms with Crippen molar-refractivity contribution in [2.24, 2.45) is 0 Å². The zero-order valence-electron chi connectivity index (χ0n) is 12.0. The zero-order valence-corrected chi connectivity index (χ0v) is 12.8. The molecule has 0 aromatic heterocycles. The van der Waals surface area contributed by atoms with Crippen LogP contribution in [0.1, 0.15) is 5.56 Å². The fourth-order valence-corrected chi connectivity index (χ4v) is 2.78. The maximum absolute atomic E-state index is 11.9. The maximum atomic E-state index is 11.9. The van der Waals surface area contributed by atoms with Crippen molar-refractivity contribution in [2.45, 2.75) is 12.5 Å². The lowest BCUT2D eigenvalue weighted by Crippen LogP contribution is -2.47. The van der Waals surface area contributed by atoms with Crippen molar-refractivity contribution in [3.63, 3.8) is 0 Å². The minimum absolute atomic E-state index is 0.0710. The van der Waals surface area contributed by atoms with Crippen molar-refractivity contribution in [2.75, 3.05) is 38.8 Å². The summed E-state index contributed by atoms with van der Waals surface area (Å²) in [6.07, 6.45) is 2.83. The van der Waals surface area contributed by atoms with Gasteiger partial charge in [0.25, 0.3) is 0 Å². The summed E-state index contributed by atoms with van der Waals surface area (Å²) in [5.74, 6) is 1.61. The normalized spacial score (nSPS) is 18.9. The summed E-state index contributed by atoms with van der Waals surface area (Å²) in [6.45, 7) is 2.00. The summed E-state index contributed by atoms with van der Waals surface area (Å²) in [5.41, 5.74) is 1.17. The molecule has 1 aromatic carbocycles. The van der Waals surface area contributed by atoms with Crippen LogP contribution in [0.25, 0.3) is 0 Å². The highest BCUT2D eigenvalue weighted by Gasteiger charge is 2.24. The van der Waals surface area contributed by atoms with Crippen LogP contribution >= 0.6 is 11.8 Å². The van der Waals surface area contributed by atoms with Crippen LogP contribution in [-0.4, -0.2) is 55.7 Å². The van der Waals surface area contributed by atoms with E-state index in [-0.39, 0.29) is 12.0 Å². The van der Waals surface area contributed by atoms with Crippen molar-refractivity contribution in [3.8, 4) is 5.75 Å². The highest BCUT2D eigenvalue weighted by Crippen LogP contribution is 2.17. The van der Waals surface area contributed by atoms with Crippen molar-refractivity contribution < 1.29 is 14.3 Å². The van der Waals surface area contributed by atoms with Gasteiger partial charge in [0, 0.05) is 19.5 Å². The molecule has 1 amide bonds. The number of nitrogens with zero attached hydrogens (tertiary/aromatic N) is 1. The molecule has 1 saturated heterocycles. The summed E-state index contributed by atoms with van der Waals surface area (Å²) in [7, 11) is 1.67. The molecule has 1 atom stereocenters. The minimum atomic E-state index is 0.0710. The van der Waals surface area contributed by atoms with Gasteiger partial charge in [-0.25, -0.2) is 0 Å². The Morgan fingerprint density at radius 1 is 1.55 bits per heavy atom. The third-order valence-corrected chi connectivity index (χ3v) is 3.89. The predicted octanol–water partition coefficient (Wildman–Crippen LogP) is 1.83. The molecule has 1 aliphatic rings. The summed E-state index contributed by atoms with van der Waals surface area (Å²) in [5, 5.41) is 0. The number of benzene rings is 1. The maximum Gasteiger partial charge on any atom is 0.232 e. The molecular weight excluding hydrogens is 274 g/mol. The van der Waals surface area contributed by atoms with Crippen molar-refractivity contribution in [3.05, 3.63) is 29.8 Å². The van der Waals surface area contributed by atoms with E-state index < -0.39 is 0 Å². The van der Waals surface area contributed by atoms with Gasteiger partial charge in [-0.1, -0.05) is 12.1 Å². The van der Waals surface area contributed by atoms with Gasteiger partial charge in [-0.05, 0) is 24.0 Å². The molecule has 0 bridgehead atoms. The third kappa shape index (κ3) is 4.15. The Bertz CT molecular complexity index is 452. The number of amides is 1. The van der Waals surface area contributed by atoms with E-state index in [0.29, 0.717) is 25.4 Å². The summed E-state index contributed by atoms with van der Waals surface area (Å²) >= 11 is 1.56. The van der Waals surface area contributed by atoms with Gasteiger partial charge in [-0.3, -0.25) is 4.79 Å². The topological polar surface area (TPSA) is 38.8 Å². The van der Waals surface area contributed by atoms with E-state index in [1.165, 1.54) is 5.56 Å². The number of ether oxygens (including phenoxy) is 2. The number of hydrogen-bond acceptors (Lipinski definition) is 4. The number of rotatable bonds is 5. The van der Waals surface area contributed by atoms with Crippen molar-refractivity contribution >= 4 is 17.7 Å². The van der Waals surface area contributed by atoms with Crippen molar-refractivity contribution in [1.29, 1.82) is 0 Å². The van der Waals surface area contributed by atoms with Gasteiger partial charge in [0.1, 0.15) is 5.75 Å². The average Bonchev–Trinajstić information content (AvgIpc) is 2.48. The van der Waals surface area contributed by atoms with E-state index in [2.05, 4.69) is 6.07 Å². The minimum Gasteiger partial charge on any atom is -0.497 e. The molecule has 20 heavy (non-hydrogen) atoms. The number of carbonyl (C=O) groups excluding carboxylic acids is 1. The average molecular weight is 295 g/mol. The monoisotopic (exact) mass is 295 g/mol. The Morgan fingerprint density at radius 3 is 3.15 bits per heavy atom. The smallest absolute Gasteiger partial charge is 0.232 e. The highest BCUT2D eigenvalue weighted by atomic mass is 32.2. The van der Waals surface area contributed by atoms with E-state index in [0.717, 1.165) is 12.2 Å². The summed E-state index contributed by atoms with van der Waals surface area (Å²) in [4.78, 5) is 13.8. The standard InChI is InChI=1S/C15H21NO3S/c1-18-13-5-3-4-12(8-13)9-14-10-16(6-7-19-14)15(17)11-20-2/h3-5,8,14H,6-7,9-11H2,1-2H3. The largest absolute Gasteiger partial charge is 0.497 e. The van der Waals surface area contributed by atoms with Crippen LogP contribution < -0.4 is 4.74 Å². The van der Waals surface area contributed by atoms with E-state index in [1.807, 2.05) is 29.4 Å². The highest BCUT2D eigenvalue weighted by molar-refractivity contribution is 7.99. The second kappa shape index (κ2) is 7.55. The Morgan fingerprint density at radius 2 is 2.40 bits per heavy atom. The van der Waals surface area contributed by atoms with Crippen LogP contribution in [0.15, 0.2) is 24.3 Å². The number of methoxy groups -OCH3 is 1. The Labute approximate surface area is 124 Å². The van der Waals surface area contributed by atoms with Gasteiger partial charge < -0.3 is 14.4 Å². The first-order chi connectivity index (χ1) is 9.72. The molecule has 1 unspecified atom stereocenters. The molecule has 1 aliphatic heterocycles. The third-order valence-electron chi connectivity index (χ3n) is 3.36. The van der Waals surface area contributed by atoms with E-state index in [9.17, 15) is 4.79 Å². The van der Waals surface area contributed by atoms with E-state index in [1.54, 1.807) is 18.9 Å². The second-order valence-corrected chi connectivity index (χ2v) is 5.69. The Hall–Kier alpha value is -1.20. The first-order valence-corrected chi connectivity index (χ1v) is 8.13. The molecule has 2 rings (SSSR count). The summed E-state index contributed by atoms with van der Waals surface area (Å²) < 4.78 is 11.0. The molecule has 5 heteroatoms. The quantitative estimate of drug-likeness (QED) is 0.831. The fourth-order valence-electron chi connectivity index (χ4n) is 2.35. The lowest BCUT2D eigenvalue weighted by atomic mass is 10.1. The summed E-state index contributed by atoms with van der Waals surface area (Å²) in [6, 6.07) is 7.99. The van der Waals surface area contributed by atoms with Crippen LogP contribution in [0.5, 0.6) is 5.75 Å². The molecule has 1 aromatic rings. The first kappa shape index (κ1) is 15.2. The number of hydrogen-bond donors (Lipinski definition) is 0. The van der Waals surface area contributed by atoms with E-state index >= 15 is 0 Å². The van der Waals surface area contributed by atoms with Gasteiger partial charge in [0.15, 0.2) is 0 Å². The molecule has 110 valence electrons. The molecular formula is C15H21NO3S. The molecule has 0 radical (unpaired) electrons. The van der Waals surface area contributed by atoms with Gasteiger partial charge in [-0.2, -0.15) is 11.8 Å². The zero-order chi connectivity index (χ0) is 14.4. The lowest BCUT2D eigenvalue weighted by molar-refractivity contribution is -0.135. The molecule has 1 fully saturated rings. The second-order valence-electron chi connectivity index (χ2n) is 4.82. The van der Waals surface area contributed by atoms with Crippen LogP contribution in [0.3, 0.4) is 0 Å². The molecule has 0 saturated carbocycles. The SMILES string of the molecule is COc1cccc(CC2CN(C(=O)CSC)CCO2)c1. The van der Waals surface area contributed by atoms with Crippen LogP contribution in [0.4, 0.5) is 0 Å². The number of carbonyl (C=O) groups is 1. The van der Waals surface area contributed by atoms with Gasteiger partial charge in [0.05, 0.1) is 25.6 Å². The van der Waals surface area contributed by atoms with Gasteiger partial charge in [0.2, 0.25) is 5.91 Å². The Balaban J connectivity index is 1.93. The van der Waals surface area contributed by atoms with Gasteiger partial charge >= 0.3 is 0 Å². The van der Waals surface area contributed by atoms with Crippen LogP contribution in [0, 0.1) is 0 Å². The molecule has 0 spiro atoms. The molecule has 4 nitrogen and oxygen atoms in total. The fraction of sp³-hybridized carbons (Fsp3) is 0.533. The van der Waals surface area contributed by atoms with E-state index in [4.69, 9.17) is 9.47 Å². The number of thioether (sulfide) groups is 1.